The molecule has 1 N–H and O–H groups in total. The average Bonchev–Trinajstić information content (AvgIpc) is 2.06. The van der Waals surface area contributed by atoms with Crippen molar-refractivity contribution < 1.29 is 4.79 Å². The van der Waals surface area contributed by atoms with Gasteiger partial charge in [0.1, 0.15) is 12.1 Å². The minimum Gasteiger partial charge on any atom is -0.298 e. The van der Waals surface area contributed by atoms with E-state index in [4.69, 9.17) is 0 Å². The molecule has 0 atom stereocenters. The van der Waals surface area contributed by atoms with Crippen LogP contribution in [0.3, 0.4) is 0 Å². The summed E-state index contributed by atoms with van der Waals surface area (Å²) in [5.41, 5.74) is 2.84. The lowest BCUT2D eigenvalue weighted by molar-refractivity contribution is -0.104. The number of allylic oxidation sites excluding steroid dienone is 2. The van der Waals surface area contributed by atoms with E-state index in [1.165, 1.54) is 6.08 Å². The van der Waals surface area contributed by atoms with Crippen LogP contribution in [0.5, 0.6) is 0 Å². The molecule has 0 radical (unpaired) electrons. The van der Waals surface area contributed by atoms with Gasteiger partial charge in [-0.1, -0.05) is 0 Å². The van der Waals surface area contributed by atoms with Gasteiger partial charge in [0.15, 0.2) is 0 Å². The van der Waals surface area contributed by atoms with Crippen molar-refractivity contribution in [1.29, 1.82) is 0 Å². The predicted octanol–water partition coefficient (Wildman–Crippen LogP) is 0.0612. The molecule has 0 saturated heterocycles. The van der Waals surface area contributed by atoms with Gasteiger partial charge in [0, 0.05) is 25.5 Å². The van der Waals surface area contributed by atoms with Crippen LogP contribution in [0.4, 0.5) is 0 Å². The molecule has 0 saturated carbocycles. The predicted molar refractivity (Wildman–Crippen MR) is 42.7 cm³/mol. The molecule has 0 unspecified atom stereocenters. The molecule has 1 heterocycles. The summed E-state index contributed by atoms with van der Waals surface area (Å²) in [5, 5.41) is 1.65. The second-order valence-corrected chi connectivity index (χ2v) is 1.87. The molecule has 4 nitrogen and oxygen atoms in total. The maximum Gasteiger partial charge on any atom is 0.150 e. The first kappa shape index (κ1) is 7.68. The second kappa shape index (κ2) is 3.68. The highest BCUT2D eigenvalue weighted by Gasteiger charge is 2.03. The molecule has 1 aliphatic heterocycles. The van der Waals surface area contributed by atoms with Gasteiger partial charge in [-0.3, -0.25) is 9.80 Å². The number of rotatable bonds is 2. The van der Waals surface area contributed by atoms with Crippen molar-refractivity contribution in [3.05, 3.63) is 24.2 Å². The first-order chi connectivity index (χ1) is 5.38. The number of hydrogen-bond donors (Lipinski definition) is 1. The van der Waals surface area contributed by atoms with E-state index in [1.807, 2.05) is 0 Å². The van der Waals surface area contributed by atoms with Gasteiger partial charge in [-0.15, -0.1) is 0 Å². The molecule has 0 amide bonds. The van der Waals surface area contributed by atoms with Crippen LogP contribution in [-0.4, -0.2) is 24.6 Å². The van der Waals surface area contributed by atoms with Gasteiger partial charge in [0.05, 0.1) is 0 Å². The molecule has 1 aliphatic rings. The Morgan fingerprint density at radius 2 is 2.55 bits per heavy atom. The second-order valence-electron chi connectivity index (χ2n) is 1.87. The molecule has 0 aliphatic carbocycles. The van der Waals surface area contributed by atoms with E-state index in [1.54, 1.807) is 30.5 Å². The Labute approximate surface area is 64.9 Å². The van der Waals surface area contributed by atoms with E-state index in [9.17, 15) is 4.79 Å². The first-order valence-electron chi connectivity index (χ1n) is 3.21. The molecule has 0 aromatic heterocycles. The summed E-state index contributed by atoms with van der Waals surface area (Å²) in [6.07, 6.45) is 7.27. The minimum absolute atomic E-state index is 0.588. The molecular formula is C7H9N3O. The normalized spacial score (nSPS) is 19.4. The van der Waals surface area contributed by atoms with Crippen LogP contribution >= 0.6 is 0 Å². The smallest absolute Gasteiger partial charge is 0.150 e. The van der Waals surface area contributed by atoms with E-state index in [0.29, 0.717) is 12.1 Å². The van der Waals surface area contributed by atoms with Crippen molar-refractivity contribution in [3.8, 4) is 0 Å². The van der Waals surface area contributed by atoms with Gasteiger partial charge in [-0.2, -0.15) is 0 Å². The molecule has 11 heavy (non-hydrogen) atoms. The minimum atomic E-state index is 0.588. The Balaban J connectivity index is 2.78. The largest absolute Gasteiger partial charge is 0.298 e. The maximum absolute atomic E-state index is 10.1. The Hall–Kier alpha value is -1.42. The van der Waals surface area contributed by atoms with Gasteiger partial charge in [-0.25, -0.2) is 10.4 Å². The summed E-state index contributed by atoms with van der Waals surface area (Å²) >= 11 is 0. The Morgan fingerprint density at radius 1 is 1.73 bits per heavy atom. The van der Waals surface area contributed by atoms with E-state index in [0.717, 1.165) is 0 Å². The highest BCUT2D eigenvalue weighted by molar-refractivity contribution is 5.75. The summed E-state index contributed by atoms with van der Waals surface area (Å²) in [5.74, 6) is 0.588. The third-order valence-corrected chi connectivity index (χ3v) is 1.23. The zero-order valence-corrected chi connectivity index (χ0v) is 6.19. The highest BCUT2D eigenvalue weighted by atomic mass is 16.1. The third-order valence-electron chi connectivity index (χ3n) is 1.23. The van der Waals surface area contributed by atoms with Crippen LogP contribution < -0.4 is 5.43 Å². The number of carbonyl (C=O) groups excluding carboxylic acids is 1. The van der Waals surface area contributed by atoms with E-state index in [2.05, 4.69) is 10.4 Å². The lowest BCUT2D eigenvalue weighted by Gasteiger charge is -2.19. The molecule has 58 valence electrons. The molecule has 0 fully saturated rings. The van der Waals surface area contributed by atoms with Crippen molar-refractivity contribution in [3.63, 3.8) is 0 Å². The fourth-order valence-corrected chi connectivity index (χ4v) is 0.756. The number of hydrogen-bond acceptors (Lipinski definition) is 4. The molecule has 0 aromatic carbocycles. The molecule has 0 aromatic rings. The van der Waals surface area contributed by atoms with Crippen LogP contribution in [0.2, 0.25) is 0 Å². The van der Waals surface area contributed by atoms with Crippen molar-refractivity contribution >= 4 is 12.5 Å². The zero-order chi connectivity index (χ0) is 8.10. The summed E-state index contributed by atoms with van der Waals surface area (Å²) < 4.78 is 0. The van der Waals surface area contributed by atoms with E-state index in [-0.39, 0.29) is 0 Å². The Kier molecular flexibility index (Phi) is 2.57. The van der Waals surface area contributed by atoms with Gasteiger partial charge in [0.25, 0.3) is 0 Å². The maximum atomic E-state index is 10.1. The average molecular weight is 151 g/mol. The lowest BCUT2D eigenvalue weighted by atomic mass is 10.5. The summed E-state index contributed by atoms with van der Waals surface area (Å²) in [4.78, 5) is 14.1. The van der Waals surface area contributed by atoms with Crippen molar-refractivity contribution in [2.75, 3.05) is 7.05 Å². The quantitative estimate of drug-likeness (QED) is 0.448. The highest BCUT2D eigenvalue weighted by Crippen LogP contribution is 2.04. The number of carbonyl (C=O) groups is 1. The van der Waals surface area contributed by atoms with E-state index < -0.39 is 0 Å². The Bertz CT molecular complexity index is 230. The van der Waals surface area contributed by atoms with Crippen molar-refractivity contribution in [2.45, 2.75) is 0 Å². The Morgan fingerprint density at radius 3 is 3.18 bits per heavy atom. The number of nitrogens with one attached hydrogen (secondary N) is 1. The third kappa shape index (κ3) is 1.75. The van der Waals surface area contributed by atoms with Crippen molar-refractivity contribution in [1.82, 2.24) is 10.4 Å². The van der Waals surface area contributed by atoms with Crippen LogP contribution in [0.25, 0.3) is 0 Å². The van der Waals surface area contributed by atoms with Crippen LogP contribution in [0, 0.1) is 0 Å². The van der Waals surface area contributed by atoms with Crippen LogP contribution in [0.1, 0.15) is 0 Å². The van der Waals surface area contributed by atoms with Gasteiger partial charge >= 0.3 is 0 Å². The van der Waals surface area contributed by atoms with Crippen LogP contribution in [0.15, 0.2) is 29.2 Å². The number of aliphatic imine (C=N–C) groups is 1. The van der Waals surface area contributed by atoms with Crippen molar-refractivity contribution in [2.24, 2.45) is 4.99 Å². The summed E-state index contributed by atoms with van der Waals surface area (Å²) in [6, 6.07) is 0. The molecule has 4 heteroatoms. The molecular weight excluding hydrogens is 142 g/mol. The van der Waals surface area contributed by atoms with Gasteiger partial charge in [-0.05, 0) is 6.08 Å². The number of nitrogens with zero attached hydrogens (tertiary/aromatic N) is 2. The fraction of sp³-hybridized carbons (Fsp3) is 0.143. The zero-order valence-electron chi connectivity index (χ0n) is 6.19. The van der Waals surface area contributed by atoms with E-state index >= 15 is 0 Å². The fourth-order valence-electron chi connectivity index (χ4n) is 0.756. The number of aldehydes is 1. The van der Waals surface area contributed by atoms with Gasteiger partial charge < -0.3 is 0 Å². The lowest BCUT2D eigenvalue weighted by Crippen LogP contribution is -2.29. The molecule has 0 bridgehead atoms. The van der Waals surface area contributed by atoms with Gasteiger partial charge in [0.2, 0.25) is 0 Å². The SMILES string of the molecule is CNN1C=CC=N/C1=C/C=O. The monoisotopic (exact) mass is 151 g/mol. The standard InChI is InChI=1S/C7H9N3O/c1-8-10-5-2-4-9-7(10)3-6-11/h2-6,8H,1H3/b7-3-. The number of hydrazine groups is 1. The van der Waals surface area contributed by atoms with Crippen LogP contribution in [-0.2, 0) is 4.79 Å². The molecule has 0 spiro atoms. The molecule has 1 rings (SSSR count). The topological polar surface area (TPSA) is 44.7 Å². The first-order valence-corrected chi connectivity index (χ1v) is 3.21. The summed E-state index contributed by atoms with van der Waals surface area (Å²) in [7, 11) is 1.75. The summed E-state index contributed by atoms with van der Waals surface area (Å²) in [6.45, 7) is 0.